The van der Waals surface area contributed by atoms with Crippen LogP contribution >= 0.6 is 11.3 Å². The Morgan fingerprint density at radius 1 is 1.45 bits per heavy atom. The molecule has 110 valence electrons. The standard InChI is InChI=1S/C13H10N6O2S/c20-11(18-16-7-9-2-1-5-22-9)6-12-17-13(19-21-12)10-8-14-3-4-15-10/h1-5,7-8H,6H2,(H,18,20). The minimum Gasteiger partial charge on any atom is -0.338 e. The minimum atomic E-state index is -0.345. The van der Waals surface area contributed by atoms with Crippen molar-refractivity contribution in [1.29, 1.82) is 0 Å². The Kier molecular flexibility index (Phi) is 4.25. The largest absolute Gasteiger partial charge is 0.338 e. The van der Waals surface area contributed by atoms with Gasteiger partial charge < -0.3 is 4.52 Å². The third-order valence-corrected chi connectivity index (χ3v) is 3.30. The summed E-state index contributed by atoms with van der Waals surface area (Å²) in [6.45, 7) is 0. The first-order chi connectivity index (χ1) is 10.8. The number of carbonyl (C=O) groups is 1. The molecule has 0 spiro atoms. The zero-order valence-electron chi connectivity index (χ0n) is 11.2. The highest BCUT2D eigenvalue weighted by Crippen LogP contribution is 2.11. The fourth-order valence-electron chi connectivity index (χ4n) is 1.55. The van der Waals surface area contributed by atoms with Crippen LogP contribution in [0.3, 0.4) is 0 Å². The highest BCUT2D eigenvalue weighted by atomic mass is 32.1. The van der Waals surface area contributed by atoms with Crippen LogP contribution in [0.25, 0.3) is 11.5 Å². The van der Waals surface area contributed by atoms with Gasteiger partial charge in [-0.1, -0.05) is 11.2 Å². The van der Waals surface area contributed by atoms with E-state index in [2.05, 4.69) is 30.6 Å². The van der Waals surface area contributed by atoms with Crippen LogP contribution in [-0.2, 0) is 11.2 Å². The smallest absolute Gasteiger partial charge is 0.249 e. The molecule has 0 aliphatic rings. The summed E-state index contributed by atoms with van der Waals surface area (Å²) in [5.74, 6) is 0.129. The number of nitrogens with zero attached hydrogens (tertiary/aromatic N) is 5. The van der Waals surface area contributed by atoms with Gasteiger partial charge in [0.15, 0.2) is 0 Å². The second-order valence-corrected chi connectivity index (χ2v) is 5.07. The highest BCUT2D eigenvalue weighted by molar-refractivity contribution is 7.11. The SMILES string of the molecule is O=C(Cc1nc(-c2cnccn2)no1)NN=Cc1cccs1. The van der Waals surface area contributed by atoms with Gasteiger partial charge in [0.25, 0.3) is 0 Å². The molecule has 0 saturated carbocycles. The Labute approximate surface area is 128 Å². The Hall–Kier alpha value is -2.94. The van der Waals surface area contributed by atoms with Crippen LogP contribution < -0.4 is 5.43 Å². The van der Waals surface area contributed by atoms with E-state index in [9.17, 15) is 4.79 Å². The number of nitrogens with one attached hydrogen (secondary N) is 1. The average molecular weight is 314 g/mol. The van der Waals surface area contributed by atoms with Gasteiger partial charge in [-0.2, -0.15) is 10.1 Å². The monoisotopic (exact) mass is 314 g/mol. The van der Waals surface area contributed by atoms with Crippen LogP contribution in [0, 0.1) is 0 Å². The lowest BCUT2D eigenvalue weighted by Crippen LogP contribution is -2.19. The second kappa shape index (κ2) is 6.68. The van der Waals surface area contributed by atoms with E-state index in [1.165, 1.54) is 23.7 Å². The zero-order chi connectivity index (χ0) is 15.2. The molecule has 1 amide bonds. The minimum absolute atomic E-state index is 0.0605. The van der Waals surface area contributed by atoms with E-state index in [1.807, 2.05) is 17.5 Å². The lowest BCUT2D eigenvalue weighted by atomic mass is 10.4. The summed E-state index contributed by atoms with van der Waals surface area (Å²) < 4.78 is 5.00. The Bertz CT molecular complexity index is 769. The summed E-state index contributed by atoms with van der Waals surface area (Å²) in [7, 11) is 0. The van der Waals surface area contributed by atoms with Crippen LogP contribution in [0.4, 0.5) is 0 Å². The van der Waals surface area contributed by atoms with Gasteiger partial charge in [-0.15, -0.1) is 11.3 Å². The van der Waals surface area contributed by atoms with Crippen molar-refractivity contribution in [2.75, 3.05) is 0 Å². The quantitative estimate of drug-likeness (QED) is 0.561. The van der Waals surface area contributed by atoms with Crippen molar-refractivity contribution in [3.8, 4) is 11.5 Å². The maximum absolute atomic E-state index is 11.7. The number of amides is 1. The van der Waals surface area contributed by atoms with Gasteiger partial charge in [-0.3, -0.25) is 9.78 Å². The summed E-state index contributed by atoms with van der Waals surface area (Å²) in [5, 5.41) is 9.53. The maximum Gasteiger partial charge on any atom is 0.249 e. The summed E-state index contributed by atoms with van der Waals surface area (Å²) in [5.41, 5.74) is 2.88. The number of rotatable bonds is 5. The predicted molar refractivity (Wildman–Crippen MR) is 79.1 cm³/mol. The van der Waals surface area contributed by atoms with Crippen LogP contribution in [0.1, 0.15) is 10.8 Å². The van der Waals surface area contributed by atoms with Gasteiger partial charge in [0.05, 0.1) is 12.4 Å². The number of aromatic nitrogens is 4. The summed E-state index contributed by atoms with van der Waals surface area (Å²) >= 11 is 1.53. The summed E-state index contributed by atoms with van der Waals surface area (Å²) in [4.78, 5) is 24.7. The molecule has 3 aromatic rings. The fraction of sp³-hybridized carbons (Fsp3) is 0.0769. The maximum atomic E-state index is 11.7. The molecule has 0 radical (unpaired) electrons. The van der Waals surface area contributed by atoms with Crippen LogP contribution in [0.5, 0.6) is 0 Å². The van der Waals surface area contributed by atoms with Crippen LogP contribution in [-0.4, -0.2) is 32.2 Å². The van der Waals surface area contributed by atoms with Crippen molar-refractivity contribution in [2.24, 2.45) is 5.10 Å². The average Bonchev–Trinajstić information content (AvgIpc) is 3.20. The first kappa shape index (κ1) is 14.0. The number of hydrogen-bond donors (Lipinski definition) is 1. The molecule has 0 aromatic carbocycles. The van der Waals surface area contributed by atoms with Gasteiger partial charge in [0, 0.05) is 17.3 Å². The topological polar surface area (TPSA) is 106 Å². The summed E-state index contributed by atoms with van der Waals surface area (Å²) in [6, 6.07) is 3.80. The fourth-order valence-corrected chi connectivity index (χ4v) is 2.14. The van der Waals surface area contributed by atoms with E-state index in [0.29, 0.717) is 5.69 Å². The van der Waals surface area contributed by atoms with Gasteiger partial charge in [0.1, 0.15) is 12.1 Å². The molecule has 22 heavy (non-hydrogen) atoms. The Morgan fingerprint density at radius 2 is 2.41 bits per heavy atom. The zero-order valence-corrected chi connectivity index (χ0v) is 12.0. The van der Waals surface area contributed by atoms with E-state index >= 15 is 0 Å². The molecule has 0 fully saturated rings. The van der Waals surface area contributed by atoms with Gasteiger partial charge >= 0.3 is 0 Å². The van der Waals surface area contributed by atoms with Gasteiger partial charge in [-0.25, -0.2) is 10.4 Å². The van der Waals surface area contributed by atoms with Gasteiger partial charge in [-0.05, 0) is 11.4 Å². The van der Waals surface area contributed by atoms with Crippen molar-refractivity contribution in [3.63, 3.8) is 0 Å². The number of hydrogen-bond acceptors (Lipinski definition) is 8. The van der Waals surface area contributed by atoms with Crippen LogP contribution in [0.15, 0.2) is 45.7 Å². The molecule has 0 atom stereocenters. The van der Waals surface area contributed by atoms with Crippen molar-refractivity contribution in [1.82, 2.24) is 25.5 Å². The first-order valence-electron chi connectivity index (χ1n) is 6.25. The molecular weight excluding hydrogens is 304 g/mol. The lowest BCUT2D eigenvalue weighted by molar-refractivity contribution is -0.120. The highest BCUT2D eigenvalue weighted by Gasteiger charge is 2.12. The molecule has 9 heteroatoms. The Balaban J connectivity index is 1.57. The number of carbonyl (C=O) groups excluding carboxylic acids is 1. The first-order valence-corrected chi connectivity index (χ1v) is 7.13. The third-order valence-electron chi connectivity index (χ3n) is 2.50. The normalized spacial score (nSPS) is 10.9. The molecule has 0 unspecified atom stereocenters. The second-order valence-electron chi connectivity index (χ2n) is 4.09. The predicted octanol–water partition coefficient (Wildman–Crippen LogP) is 1.28. The van der Waals surface area contributed by atoms with Crippen LogP contribution in [0.2, 0.25) is 0 Å². The van der Waals surface area contributed by atoms with E-state index in [0.717, 1.165) is 4.88 Å². The molecule has 0 bridgehead atoms. The van der Waals surface area contributed by atoms with Crippen molar-refractivity contribution in [2.45, 2.75) is 6.42 Å². The van der Waals surface area contributed by atoms with E-state index in [4.69, 9.17) is 4.52 Å². The van der Waals surface area contributed by atoms with Crippen molar-refractivity contribution < 1.29 is 9.32 Å². The molecule has 3 rings (SSSR count). The number of thiophene rings is 1. The molecule has 3 aromatic heterocycles. The third kappa shape index (κ3) is 3.58. The van der Waals surface area contributed by atoms with Crippen molar-refractivity contribution in [3.05, 3.63) is 46.9 Å². The molecule has 0 saturated heterocycles. The molecular formula is C13H10N6O2S. The van der Waals surface area contributed by atoms with Crippen molar-refractivity contribution >= 4 is 23.5 Å². The molecule has 0 aliphatic carbocycles. The van der Waals surface area contributed by atoms with Gasteiger partial charge in [0.2, 0.25) is 17.6 Å². The van der Waals surface area contributed by atoms with E-state index in [-0.39, 0.29) is 24.0 Å². The summed E-state index contributed by atoms with van der Waals surface area (Å²) in [6.07, 6.45) is 6.09. The molecule has 8 nitrogen and oxygen atoms in total. The molecule has 0 aliphatic heterocycles. The van der Waals surface area contributed by atoms with E-state index in [1.54, 1.807) is 12.4 Å². The molecule has 3 heterocycles. The van der Waals surface area contributed by atoms with E-state index < -0.39 is 0 Å². The molecule has 1 N–H and O–H groups in total. The Morgan fingerprint density at radius 3 is 3.18 bits per heavy atom. The number of hydrazone groups is 1. The lowest BCUT2D eigenvalue weighted by Gasteiger charge is -1.94.